The van der Waals surface area contributed by atoms with E-state index in [0.29, 0.717) is 28.2 Å². The minimum Gasteiger partial charge on any atom is -0.421 e. The molecule has 0 aliphatic rings. The standard InChI is InChI=1S/C20H19Cl2N3O2/c1-12-3-5-14(6-4-12)20-25-24-19(27-20)10-9-18(26)23-13(2)15-7-8-16(21)17(22)11-15/h3-8,11,13H,9-10H2,1-2H3,(H,23,26). The van der Waals surface area contributed by atoms with Crippen molar-refractivity contribution in [3.8, 4) is 11.5 Å². The molecular formula is C20H19Cl2N3O2. The van der Waals surface area contributed by atoms with Crippen LogP contribution in [-0.2, 0) is 11.2 Å². The molecule has 1 unspecified atom stereocenters. The highest BCUT2D eigenvalue weighted by Gasteiger charge is 2.14. The van der Waals surface area contributed by atoms with Gasteiger partial charge in [-0.25, -0.2) is 0 Å². The Morgan fingerprint density at radius 3 is 2.56 bits per heavy atom. The molecule has 0 saturated carbocycles. The summed E-state index contributed by atoms with van der Waals surface area (Å²) < 4.78 is 5.64. The number of hydrogen-bond acceptors (Lipinski definition) is 4. The van der Waals surface area contributed by atoms with E-state index in [1.165, 1.54) is 0 Å². The third kappa shape index (κ3) is 5.08. The number of aryl methyl sites for hydroxylation is 2. The summed E-state index contributed by atoms with van der Waals surface area (Å²) in [5.41, 5.74) is 2.90. The highest BCUT2D eigenvalue weighted by molar-refractivity contribution is 6.42. The number of nitrogens with one attached hydrogen (secondary N) is 1. The summed E-state index contributed by atoms with van der Waals surface area (Å²) in [7, 11) is 0. The number of nitrogens with zero attached hydrogens (tertiary/aromatic N) is 2. The van der Waals surface area contributed by atoms with Crippen LogP contribution in [0.2, 0.25) is 10.0 Å². The molecule has 0 radical (unpaired) electrons. The van der Waals surface area contributed by atoms with Crippen LogP contribution < -0.4 is 5.32 Å². The molecule has 0 aliphatic heterocycles. The second-order valence-electron chi connectivity index (χ2n) is 6.33. The van der Waals surface area contributed by atoms with Crippen LogP contribution in [0, 0.1) is 6.92 Å². The number of benzene rings is 2. The largest absolute Gasteiger partial charge is 0.421 e. The van der Waals surface area contributed by atoms with E-state index >= 15 is 0 Å². The van der Waals surface area contributed by atoms with Gasteiger partial charge in [0.1, 0.15) is 0 Å². The summed E-state index contributed by atoms with van der Waals surface area (Å²) in [5, 5.41) is 11.9. The van der Waals surface area contributed by atoms with E-state index in [1.807, 2.05) is 44.2 Å². The van der Waals surface area contributed by atoms with E-state index in [-0.39, 0.29) is 18.4 Å². The number of carbonyl (C=O) groups is 1. The average Bonchev–Trinajstić information content (AvgIpc) is 3.12. The number of amides is 1. The molecule has 1 heterocycles. The van der Waals surface area contributed by atoms with E-state index in [2.05, 4.69) is 15.5 Å². The molecule has 2 aromatic carbocycles. The van der Waals surface area contributed by atoms with Crippen molar-refractivity contribution in [2.75, 3.05) is 0 Å². The van der Waals surface area contributed by atoms with Gasteiger partial charge < -0.3 is 9.73 Å². The van der Waals surface area contributed by atoms with E-state index < -0.39 is 0 Å². The zero-order valence-corrected chi connectivity index (χ0v) is 16.5. The Morgan fingerprint density at radius 1 is 1.11 bits per heavy atom. The van der Waals surface area contributed by atoms with Crippen LogP contribution in [0.25, 0.3) is 11.5 Å². The van der Waals surface area contributed by atoms with Crippen molar-refractivity contribution >= 4 is 29.1 Å². The number of rotatable bonds is 6. The monoisotopic (exact) mass is 403 g/mol. The molecule has 0 saturated heterocycles. The van der Waals surface area contributed by atoms with Gasteiger partial charge in [-0.3, -0.25) is 4.79 Å². The summed E-state index contributed by atoms with van der Waals surface area (Å²) in [6.07, 6.45) is 0.625. The number of halogens is 2. The minimum atomic E-state index is -0.182. The predicted molar refractivity (Wildman–Crippen MR) is 106 cm³/mol. The van der Waals surface area contributed by atoms with Crippen LogP contribution in [-0.4, -0.2) is 16.1 Å². The van der Waals surface area contributed by atoms with Crippen LogP contribution >= 0.6 is 23.2 Å². The molecular weight excluding hydrogens is 385 g/mol. The maximum atomic E-state index is 12.2. The highest BCUT2D eigenvalue weighted by atomic mass is 35.5. The van der Waals surface area contributed by atoms with Gasteiger partial charge in [-0.2, -0.15) is 0 Å². The molecule has 0 aliphatic carbocycles. The van der Waals surface area contributed by atoms with E-state index in [1.54, 1.807) is 12.1 Å². The molecule has 3 aromatic rings. The Bertz CT molecular complexity index is 939. The van der Waals surface area contributed by atoms with Crippen molar-refractivity contribution in [2.24, 2.45) is 0 Å². The van der Waals surface area contributed by atoms with Crippen LogP contribution in [0.15, 0.2) is 46.9 Å². The van der Waals surface area contributed by atoms with Crippen molar-refractivity contribution < 1.29 is 9.21 Å². The lowest BCUT2D eigenvalue weighted by atomic mass is 10.1. The van der Waals surface area contributed by atoms with Crippen molar-refractivity contribution in [3.63, 3.8) is 0 Å². The summed E-state index contributed by atoms with van der Waals surface area (Å²) in [4.78, 5) is 12.2. The van der Waals surface area contributed by atoms with Crippen molar-refractivity contribution in [1.29, 1.82) is 0 Å². The van der Waals surface area contributed by atoms with E-state index in [9.17, 15) is 4.79 Å². The van der Waals surface area contributed by atoms with Gasteiger partial charge in [-0.05, 0) is 43.7 Å². The topological polar surface area (TPSA) is 68.0 Å². The van der Waals surface area contributed by atoms with Crippen molar-refractivity contribution in [1.82, 2.24) is 15.5 Å². The van der Waals surface area contributed by atoms with Gasteiger partial charge in [0.25, 0.3) is 0 Å². The number of carbonyl (C=O) groups excluding carboxylic acids is 1. The van der Waals surface area contributed by atoms with E-state index in [0.717, 1.165) is 16.7 Å². The first-order chi connectivity index (χ1) is 12.9. The van der Waals surface area contributed by atoms with Crippen molar-refractivity contribution in [2.45, 2.75) is 32.7 Å². The maximum absolute atomic E-state index is 12.2. The Morgan fingerprint density at radius 2 is 1.85 bits per heavy atom. The molecule has 7 heteroatoms. The minimum absolute atomic E-state index is 0.108. The first-order valence-corrected chi connectivity index (χ1v) is 9.31. The zero-order chi connectivity index (χ0) is 19.4. The van der Waals surface area contributed by atoms with Crippen LogP contribution in [0.5, 0.6) is 0 Å². The Hall–Kier alpha value is -2.37. The van der Waals surface area contributed by atoms with Gasteiger partial charge in [-0.1, -0.05) is 47.0 Å². The van der Waals surface area contributed by atoms with Crippen LogP contribution in [0.1, 0.15) is 36.4 Å². The smallest absolute Gasteiger partial charge is 0.247 e. The first-order valence-electron chi connectivity index (χ1n) is 8.56. The third-order valence-electron chi connectivity index (χ3n) is 4.15. The molecule has 1 atom stereocenters. The molecule has 0 spiro atoms. The Labute approximate surface area is 167 Å². The van der Waals surface area contributed by atoms with Gasteiger partial charge in [0.05, 0.1) is 16.1 Å². The molecule has 140 valence electrons. The average molecular weight is 404 g/mol. The fourth-order valence-corrected chi connectivity index (χ4v) is 2.87. The quantitative estimate of drug-likeness (QED) is 0.616. The summed E-state index contributed by atoms with van der Waals surface area (Å²) in [6, 6.07) is 12.9. The SMILES string of the molecule is Cc1ccc(-c2nnc(CCC(=O)NC(C)c3ccc(Cl)c(Cl)c3)o2)cc1. The molecule has 27 heavy (non-hydrogen) atoms. The maximum Gasteiger partial charge on any atom is 0.247 e. The second kappa shape index (κ2) is 8.55. The Kier molecular flexibility index (Phi) is 6.14. The summed E-state index contributed by atoms with van der Waals surface area (Å²) >= 11 is 11.9. The van der Waals surface area contributed by atoms with Gasteiger partial charge in [-0.15, -0.1) is 10.2 Å². The fourth-order valence-electron chi connectivity index (χ4n) is 2.57. The summed E-state index contributed by atoms with van der Waals surface area (Å²) in [5.74, 6) is 0.779. The lowest BCUT2D eigenvalue weighted by Gasteiger charge is -2.14. The van der Waals surface area contributed by atoms with E-state index in [4.69, 9.17) is 27.6 Å². The zero-order valence-electron chi connectivity index (χ0n) is 15.0. The predicted octanol–water partition coefficient (Wildman–Crippen LogP) is 5.16. The van der Waals surface area contributed by atoms with Crippen LogP contribution in [0.4, 0.5) is 0 Å². The van der Waals surface area contributed by atoms with Crippen molar-refractivity contribution in [3.05, 3.63) is 69.5 Å². The highest BCUT2D eigenvalue weighted by Crippen LogP contribution is 2.25. The molecule has 1 amide bonds. The molecule has 1 aromatic heterocycles. The van der Waals surface area contributed by atoms with Gasteiger partial charge in [0, 0.05) is 18.4 Å². The first kappa shape index (κ1) is 19.4. The van der Waals surface area contributed by atoms with Gasteiger partial charge in [0.15, 0.2) is 0 Å². The normalized spacial score (nSPS) is 12.0. The molecule has 1 N–H and O–H groups in total. The molecule has 3 rings (SSSR count). The lowest BCUT2D eigenvalue weighted by Crippen LogP contribution is -2.26. The molecule has 5 nitrogen and oxygen atoms in total. The second-order valence-corrected chi connectivity index (χ2v) is 7.14. The third-order valence-corrected chi connectivity index (χ3v) is 4.89. The summed E-state index contributed by atoms with van der Waals surface area (Å²) in [6.45, 7) is 3.90. The number of hydrogen-bond donors (Lipinski definition) is 1. The molecule has 0 fully saturated rings. The fraction of sp³-hybridized carbons (Fsp3) is 0.250. The van der Waals surface area contributed by atoms with Gasteiger partial charge >= 0.3 is 0 Å². The lowest BCUT2D eigenvalue weighted by molar-refractivity contribution is -0.121. The Balaban J connectivity index is 1.54. The number of aromatic nitrogens is 2. The molecule has 0 bridgehead atoms. The van der Waals surface area contributed by atoms with Gasteiger partial charge in [0.2, 0.25) is 17.7 Å². The van der Waals surface area contributed by atoms with Crippen LogP contribution in [0.3, 0.4) is 0 Å².